The first-order valence-corrected chi connectivity index (χ1v) is 10.8. The molecule has 1 saturated carbocycles. The Morgan fingerprint density at radius 3 is 2.33 bits per heavy atom. The highest BCUT2D eigenvalue weighted by atomic mass is 16.3. The molecule has 0 saturated heterocycles. The Kier molecular flexibility index (Phi) is 5.16. The normalized spacial score (nSPS) is 27.4. The lowest BCUT2D eigenvalue weighted by Gasteiger charge is -2.32. The lowest BCUT2D eigenvalue weighted by atomic mass is 9.72. The van der Waals surface area contributed by atoms with Gasteiger partial charge in [-0.1, -0.05) is 59.1 Å². The zero-order chi connectivity index (χ0) is 20.0. The predicted octanol–water partition coefficient (Wildman–Crippen LogP) is 6.98. The maximum atomic E-state index is 11.1. The minimum atomic E-state index is -0.181. The molecule has 1 aromatic rings. The van der Waals surface area contributed by atoms with Crippen molar-refractivity contribution in [1.82, 2.24) is 0 Å². The van der Waals surface area contributed by atoms with Gasteiger partial charge in [-0.05, 0) is 73.5 Å². The maximum absolute atomic E-state index is 11.1. The number of rotatable bonds is 7. The monoisotopic (exact) mass is 370 g/mol. The Labute approximate surface area is 165 Å². The molecule has 2 N–H and O–H groups in total. The molecule has 2 atom stereocenters. The zero-order valence-corrected chi connectivity index (χ0v) is 18.2. The molecule has 0 heterocycles. The van der Waals surface area contributed by atoms with Gasteiger partial charge in [-0.2, -0.15) is 0 Å². The summed E-state index contributed by atoms with van der Waals surface area (Å²) >= 11 is 0. The van der Waals surface area contributed by atoms with Crippen molar-refractivity contribution in [3.63, 3.8) is 0 Å². The number of hydrogen-bond acceptors (Lipinski definition) is 2. The molecule has 27 heavy (non-hydrogen) atoms. The minimum absolute atomic E-state index is 0.0436. The number of allylic oxidation sites excluding steroid dienone is 2. The van der Waals surface area contributed by atoms with Gasteiger partial charge >= 0.3 is 0 Å². The Hall–Kier alpha value is -1.44. The summed E-state index contributed by atoms with van der Waals surface area (Å²) in [7, 11) is 0. The molecule has 0 aliphatic heterocycles. The second kappa shape index (κ2) is 6.87. The van der Waals surface area contributed by atoms with Gasteiger partial charge in [0, 0.05) is 11.0 Å². The molecule has 150 valence electrons. The Bertz CT molecular complexity index is 720. The average molecular weight is 371 g/mol. The van der Waals surface area contributed by atoms with Gasteiger partial charge in [0.25, 0.3) is 0 Å². The molecule has 0 amide bonds. The van der Waals surface area contributed by atoms with Gasteiger partial charge in [-0.25, -0.2) is 0 Å². The van der Waals surface area contributed by atoms with Gasteiger partial charge in [0.05, 0.1) is 0 Å². The molecule has 2 aliphatic carbocycles. The second-order valence-electron chi connectivity index (χ2n) is 10.4. The van der Waals surface area contributed by atoms with Crippen LogP contribution in [0.2, 0.25) is 0 Å². The standard InChI is InChI=1S/C25H38O2/c1-7-8-10-23(5,6)19-12-20(26)22(21(27)13-19)25-15-18(4)9-11-24(25,16-25)14-17(2)3/h12-13,15,17,26-27H,7-11,14,16H2,1-6H3/t24-,25-/m1/s1. The van der Waals surface area contributed by atoms with Crippen LogP contribution in [0.1, 0.15) is 97.6 Å². The van der Waals surface area contributed by atoms with E-state index in [0.717, 1.165) is 56.1 Å². The first-order valence-electron chi connectivity index (χ1n) is 10.8. The third-order valence-electron chi connectivity index (χ3n) is 7.21. The first kappa shape index (κ1) is 20.3. The number of hydrogen-bond donors (Lipinski definition) is 2. The van der Waals surface area contributed by atoms with Crippen LogP contribution < -0.4 is 0 Å². The van der Waals surface area contributed by atoms with E-state index in [4.69, 9.17) is 0 Å². The van der Waals surface area contributed by atoms with Gasteiger partial charge < -0.3 is 10.2 Å². The Balaban J connectivity index is 2.04. The average Bonchev–Trinajstić information content (AvgIpc) is 3.19. The predicted molar refractivity (Wildman–Crippen MR) is 113 cm³/mol. The SMILES string of the molecule is CCCCC(C)(C)c1cc(O)c([C@]23C=C(C)CC[C@@]2(CC(C)C)C3)c(O)c1. The van der Waals surface area contributed by atoms with Crippen LogP contribution in [-0.2, 0) is 10.8 Å². The fourth-order valence-corrected chi connectivity index (χ4v) is 5.72. The van der Waals surface area contributed by atoms with E-state index < -0.39 is 0 Å². The maximum Gasteiger partial charge on any atom is 0.123 e. The van der Waals surface area contributed by atoms with Crippen molar-refractivity contribution in [3.05, 3.63) is 34.9 Å². The molecule has 0 spiro atoms. The van der Waals surface area contributed by atoms with E-state index in [0.29, 0.717) is 5.92 Å². The third-order valence-corrected chi connectivity index (χ3v) is 7.21. The van der Waals surface area contributed by atoms with E-state index in [9.17, 15) is 10.2 Å². The van der Waals surface area contributed by atoms with Gasteiger partial charge in [0.2, 0.25) is 0 Å². The molecule has 2 nitrogen and oxygen atoms in total. The number of fused-ring (bicyclic) bond motifs is 1. The summed E-state index contributed by atoms with van der Waals surface area (Å²) in [5.41, 5.74) is 3.18. The largest absolute Gasteiger partial charge is 0.507 e. The molecule has 3 rings (SSSR count). The molecule has 2 aliphatic rings. The summed E-state index contributed by atoms with van der Waals surface area (Å²) in [6.45, 7) is 13.4. The summed E-state index contributed by atoms with van der Waals surface area (Å²) in [4.78, 5) is 0. The summed E-state index contributed by atoms with van der Waals surface area (Å²) in [5, 5.41) is 22.1. The van der Waals surface area contributed by atoms with Crippen molar-refractivity contribution < 1.29 is 10.2 Å². The topological polar surface area (TPSA) is 40.5 Å². The molecular formula is C25H38O2. The highest BCUT2D eigenvalue weighted by Gasteiger charge is 2.68. The lowest BCUT2D eigenvalue weighted by molar-refractivity contribution is 0.312. The van der Waals surface area contributed by atoms with Crippen LogP contribution in [0.15, 0.2) is 23.8 Å². The number of phenolic OH excluding ortho intramolecular Hbond substituents is 2. The number of aromatic hydroxyl groups is 2. The van der Waals surface area contributed by atoms with Crippen molar-refractivity contribution in [3.8, 4) is 11.5 Å². The quantitative estimate of drug-likeness (QED) is 0.508. The lowest BCUT2D eigenvalue weighted by Crippen LogP contribution is -2.23. The molecule has 0 unspecified atom stereocenters. The molecule has 2 heteroatoms. The van der Waals surface area contributed by atoms with Crippen molar-refractivity contribution >= 4 is 0 Å². The van der Waals surface area contributed by atoms with Crippen LogP contribution in [-0.4, -0.2) is 10.2 Å². The van der Waals surface area contributed by atoms with Crippen LogP contribution >= 0.6 is 0 Å². The number of phenols is 2. The van der Waals surface area contributed by atoms with E-state index in [1.54, 1.807) is 0 Å². The number of benzene rings is 1. The van der Waals surface area contributed by atoms with Crippen molar-refractivity contribution in [2.45, 2.75) is 97.3 Å². The summed E-state index contributed by atoms with van der Waals surface area (Å²) in [6, 6.07) is 3.85. The summed E-state index contributed by atoms with van der Waals surface area (Å²) < 4.78 is 0. The van der Waals surface area contributed by atoms with Gasteiger partial charge in [-0.3, -0.25) is 0 Å². The van der Waals surface area contributed by atoms with E-state index in [1.165, 1.54) is 5.57 Å². The van der Waals surface area contributed by atoms with Gasteiger partial charge in [0.1, 0.15) is 11.5 Å². The van der Waals surface area contributed by atoms with Crippen LogP contribution in [0.5, 0.6) is 11.5 Å². The van der Waals surface area contributed by atoms with Crippen molar-refractivity contribution in [1.29, 1.82) is 0 Å². The highest BCUT2D eigenvalue weighted by molar-refractivity contribution is 5.60. The smallest absolute Gasteiger partial charge is 0.123 e. The fourth-order valence-electron chi connectivity index (χ4n) is 5.72. The Morgan fingerprint density at radius 2 is 1.78 bits per heavy atom. The van der Waals surface area contributed by atoms with Gasteiger partial charge in [0.15, 0.2) is 0 Å². The first-order chi connectivity index (χ1) is 12.6. The second-order valence-corrected chi connectivity index (χ2v) is 10.4. The molecular weight excluding hydrogens is 332 g/mol. The third kappa shape index (κ3) is 3.41. The molecule has 0 aromatic heterocycles. The zero-order valence-electron chi connectivity index (χ0n) is 18.2. The van der Waals surface area contributed by atoms with E-state index in [-0.39, 0.29) is 27.7 Å². The molecule has 1 fully saturated rings. The minimum Gasteiger partial charge on any atom is -0.507 e. The van der Waals surface area contributed by atoms with Crippen LogP contribution in [0.25, 0.3) is 0 Å². The van der Waals surface area contributed by atoms with Crippen LogP contribution in [0.4, 0.5) is 0 Å². The van der Waals surface area contributed by atoms with Crippen molar-refractivity contribution in [2.75, 3.05) is 0 Å². The van der Waals surface area contributed by atoms with E-state index in [2.05, 4.69) is 47.6 Å². The summed E-state index contributed by atoms with van der Waals surface area (Å²) in [5.74, 6) is 1.19. The van der Waals surface area contributed by atoms with Crippen LogP contribution in [0.3, 0.4) is 0 Å². The number of unbranched alkanes of at least 4 members (excludes halogenated alkanes) is 1. The van der Waals surface area contributed by atoms with E-state index in [1.807, 2.05) is 12.1 Å². The summed E-state index contributed by atoms with van der Waals surface area (Å²) in [6.07, 6.45) is 10.2. The van der Waals surface area contributed by atoms with Crippen LogP contribution in [0, 0.1) is 11.3 Å². The fraction of sp³-hybridized carbons (Fsp3) is 0.680. The van der Waals surface area contributed by atoms with E-state index >= 15 is 0 Å². The van der Waals surface area contributed by atoms with Crippen molar-refractivity contribution in [2.24, 2.45) is 11.3 Å². The highest BCUT2D eigenvalue weighted by Crippen LogP contribution is 2.75. The Morgan fingerprint density at radius 1 is 1.15 bits per heavy atom. The van der Waals surface area contributed by atoms with Gasteiger partial charge in [-0.15, -0.1) is 0 Å². The molecule has 1 aromatic carbocycles. The molecule has 0 radical (unpaired) electrons. The molecule has 0 bridgehead atoms.